The lowest BCUT2D eigenvalue weighted by Crippen LogP contribution is -1.96. The van der Waals surface area contributed by atoms with Crippen molar-refractivity contribution in [3.8, 4) is 0 Å². The molecule has 0 bridgehead atoms. The monoisotopic (exact) mass is 208 g/mol. The minimum atomic E-state index is 0.564. The fourth-order valence-electron chi connectivity index (χ4n) is 1.92. The molecule has 2 aromatic rings. The minimum Gasteiger partial charge on any atom is -0.344 e. The average molecular weight is 209 g/mol. The molecule has 0 unspecified atom stereocenters. The minimum absolute atomic E-state index is 0.564. The number of hydrogen-bond acceptors (Lipinski definition) is 1. The number of aryl methyl sites for hydroxylation is 2. The lowest BCUT2D eigenvalue weighted by Gasteiger charge is -2.02. The number of hydrogen-bond donors (Lipinski definition) is 0. The first-order chi connectivity index (χ1) is 6.65. The van der Waals surface area contributed by atoms with Gasteiger partial charge < -0.3 is 4.57 Å². The summed E-state index contributed by atoms with van der Waals surface area (Å²) in [5.74, 6) is 0. The topological polar surface area (TPSA) is 17.8 Å². The maximum absolute atomic E-state index is 5.88. The molecule has 0 aliphatic rings. The molecule has 0 amide bonds. The van der Waals surface area contributed by atoms with Gasteiger partial charge in [-0.3, -0.25) is 0 Å². The molecule has 2 heterocycles. The molecule has 74 valence electrons. The molecule has 14 heavy (non-hydrogen) atoms. The van der Waals surface area contributed by atoms with Gasteiger partial charge in [0.2, 0.25) is 0 Å². The molecule has 0 saturated carbocycles. The molecule has 0 N–H and O–H groups in total. The molecule has 0 aliphatic carbocycles. The Morgan fingerprint density at radius 1 is 1.43 bits per heavy atom. The largest absolute Gasteiger partial charge is 0.344 e. The van der Waals surface area contributed by atoms with Crippen LogP contribution in [0.2, 0.25) is 5.15 Å². The summed E-state index contributed by atoms with van der Waals surface area (Å²) in [7, 11) is 0. The summed E-state index contributed by atoms with van der Waals surface area (Å²) in [4.78, 5) is 4.11. The van der Waals surface area contributed by atoms with Gasteiger partial charge in [0.05, 0.1) is 11.7 Å². The number of halogens is 1. The van der Waals surface area contributed by atoms with Crippen molar-refractivity contribution < 1.29 is 0 Å². The first-order valence-corrected chi connectivity index (χ1v) is 5.14. The summed E-state index contributed by atoms with van der Waals surface area (Å²) < 4.78 is 2.26. The Kier molecular flexibility index (Phi) is 2.23. The van der Waals surface area contributed by atoms with E-state index in [0.717, 1.165) is 6.54 Å². The van der Waals surface area contributed by atoms with Gasteiger partial charge >= 0.3 is 0 Å². The molecule has 2 rings (SSSR count). The Morgan fingerprint density at radius 2 is 2.14 bits per heavy atom. The Bertz CT molecular complexity index is 485. The Hall–Kier alpha value is -1.02. The molecule has 0 aromatic carbocycles. The Morgan fingerprint density at radius 3 is 2.79 bits per heavy atom. The zero-order valence-corrected chi connectivity index (χ0v) is 9.39. The van der Waals surface area contributed by atoms with Gasteiger partial charge in [0, 0.05) is 17.6 Å². The fourth-order valence-corrected chi connectivity index (χ4v) is 2.08. The van der Waals surface area contributed by atoms with E-state index in [9.17, 15) is 0 Å². The van der Waals surface area contributed by atoms with Crippen LogP contribution >= 0.6 is 11.6 Å². The van der Waals surface area contributed by atoms with E-state index in [1.165, 1.54) is 22.2 Å². The van der Waals surface area contributed by atoms with E-state index in [1.54, 1.807) is 0 Å². The van der Waals surface area contributed by atoms with Crippen LogP contribution in [0.1, 0.15) is 18.2 Å². The van der Waals surface area contributed by atoms with E-state index < -0.39 is 0 Å². The first kappa shape index (κ1) is 9.53. The van der Waals surface area contributed by atoms with Crippen molar-refractivity contribution in [3.63, 3.8) is 0 Å². The second-order valence-corrected chi connectivity index (χ2v) is 3.87. The summed E-state index contributed by atoms with van der Waals surface area (Å²) in [6.45, 7) is 7.37. The Balaban J connectivity index is 2.88. The maximum Gasteiger partial charge on any atom is 0.129 e. The highest BCUT2D eigenvalue weighted by Gasteiger charge is 2.09. The third kappa shape index (κ3) is 1.22. The lowest BCUT2D eigenvalue weighted by atomic mass is 10.2. The van der Waals surface area contributed by atoms with Crippen molar-refractivity contribution in [1.29, 1.82) is 0 Å². The van der Waals surface area contributed by atoms with Gasteiger partial charge in [0.25, 0.3) is 0 Å². The fraction of sp³-hybridized carbons (Fsp3) is 0.364. The molecule has 2 nitrogen and oxygen atoms in total. The van der Waals surface area contributed by atoms with Crippen LogP contribution in [0.3, 0.4) is 0 Å². The molecule has 0 aliphatic heterocycles. The SMILES string of the molecule is CCn1c(C)c(C)c2cc(Cl)ncc21. The molecule has 0 fully saturated rings. The van der Waals surface area contributed by atoms with Crippen LogP contribution in [0.5, 0.6) is 0 Å². The molecule has 0 atom stereocenters. The predicted molar refractivity (Wildman–Crippen MR) is 59.9 cm³/mol. The van der Waals surface area contributed by atoms with Crippen LogP contribution in [-0.4, -0.2) is 9.55 Å². The van der Waals surface area contributed by atoms with Gasteiger partial charge in [0.1, 0.15) is 5.15 Å². The smallest absolute Gasteiger partial charge is 0.129 e. The highest BCUT2D eigenvalue weighted by atomic mass is 35.5. The molecule has 3 heteroatoms. The van der Waals surface area contributed by atoms with Crippen molar-refractivity contribution in [1.82, 2.24) is 9.55 Å². The lowest BCUT2D eigenvalue weighted by molar-refractivity contribution is 0.765. The molecule has 0 radical (unpaired) electrons. The van der Waals surface area contributed by atoms with E-state index in [4.69, 9.17) is 11.6 Å². The maximum atomic E-state index is 5.88. The first-order valence-electron chi connectivity index (χ1n) is 4.76. The number of pyridine rings is 1. The van der Waals surface area contributed by atoms with Crippen LogP contribution in [-0.2, 0) is 6.54 Å². The zero-order valence-electron chi connectivity index (χ0n) is 8.63. The van der Waals surface area contributed by atoms with Gasteiger partial charge in [-0.25, -0.2) is 4.98 Å². The second kappa shape index (κ2) is 3.28. The van der Waals surface area contributed by atoms with Gasteiger partial charge in [-0.05, 0) is 32.4 Å². The molecular formula is C11H13ClN2. The number of aromatic nitrogens is 2. The summed E-state index contributed by atoms with van der Waals surface area (Å²) in [5.41, 5.74) is 3.77. The summed E-state index contributed by atoms with van der Waals surface area (Å²) in [6.07, 6.45) is 1.85. The molecule has 2 aromatic heterocycles. The third-order valence-corrected chi connectivity index (χ3v) is 3.01. The second-order valence-electron chi connectivity index (χ2n) is 3.48. The number of rotatable bonds is 1. The standard InChI is InChI=1S/C11H13ClN2/c1-4-14-8(3)7(2)9-5-11(12)13-6-10(9)14/h5-6H,4H2,1-3H3. The van der Waals surface area contributed by atoms with Crippen LogP contribution < -0.4 is 0 Å². The highest BCUT2D eigenvalue weighted by Crippen LogP contribution is 2.26. The van der Waals surface area contributed by atoms with Crippen LogP contribution in [0.25, 0.3) is 10.9 Å². The number of fused-ring (bicyclic) bond motifs is 1. The van der Waals surface area contributed by atoms with Crippen molar-refractivity contribution in [2.24, 2.45) is 0 Å². The van der Waals surface area contributed by atoms with E-state index in [0.29, 0.717) is 5.15 Å². The van der Waals surface area contributed by atoms with Crippen molar-refractivity contribution >= 4 is 22.5 Å². The average Bonchev–Trinajstić information content (AvgIpc) is 2.41. The van der Waals surface area contributed by atoms with Gasteiger partial charge in [0.15, 0.2) is 0 Å². The van der Waals surface area contributed by atoms with E-state index in [1.807, 2.05) is 12.3 Å². The zero-order chi connectivity index (χ0) is 10.3. The van der Waals surface area contributed by atoms with Crippen LogP contribution in [0.4, 0.5) is 0 Å². The van der Waals surface area contributed by atoms with Crippen LogP contribution in [0.15, 0.2) is 12.3 Å². The number of nitrogens with zero attached hydrogens (tertiary/aromatic N) is 2. The highest BCUT2D eigenvalue weighted by molar-refractivity contribution is 6.30. The Labute approximate surface area is 88.5 Å². The summed E-state index contributed by atoms with van der Waals surface area (Å²) in [5, 5.41) is 1.78. The van der Waals surface area contributed by atoms with Crippen molar-refractivity contribution in [2.45, 2.75) is 27.3 Å². The van der Waals surface area contributed by atoms with Crippen LogP contribution in [0, 0.1) is 13.8 Å². The van der Waals surface area contributed by atoms with Crippen molar-refractivity contribution in [3.05, 3.63) is 28.7 Å². The van der Waals surface area contributed by atoms with Gasteiger partial charge in [-0.15, -0.1) is 0 Å². The molecule has 0 spiro atoms. The summed E-state index contributed by atoms with van der Waals surface area (Å²) >= 11 is 5.88. The third-order valence-electron chi connectivity index (χ3n) is 2.81. The van der Waals surface area contributed by atoms with E-state index in [2.05, 4.69) is 30.3 Å². The quantitative estimate of drug-likeness (QED) is 0.658. The summed E-state index contributed by atoms with van der Waals surface area (Å²) in [6, 6.07) is 1.94. The van der Waals surface area contributed by atoms with Crippen molar-refractivity contribution in [2.75, 3.05) is 0 Å². The molecule has 0 saturated heterocycles. The normalized spacial score (nSPS) is 11.1. The van der Waals surface area contributed by atoms with Gasteiger partial charge in [-0.1, -0.05) is 11.6 Å². The van der Waals surface area contributed by atoms with Gasteiger partial charge in [-0.2, -0.15) is 0 Å². The van der Waals surface area contributed by atoms with E-state index >= 15 is 0 Å². The van der Waals surface area contributed by atoms with E-state index in [-0.39, 0.29) is 0 Å². The molecular weight excluding hydrogens is 196 g/mol. The predicted octanol–water partition coefficient (Wildman–Crippen LogP) is 3.33.